The molecule has 0 unspecified atom stereocenters. The van der Waals surface area contributed by atoms with Crippen molar-refractivity contribution in [3.8, 4) is 0 Å². The first-order valence-electron chi connectivity index (χ1n) is 8.32. The first-order valence-corrected chi connectivity index (χ1v) is 9.26. The Labute approximate surface area is 140 Å². The highest BCUT2D eigenvalue weighted by atomic mass is 32.1. The standard InChI is InChI=1S/C16H23N3O3S/c20-15(21)16-9-18(7-13-8-23-11-17-13)5-12(16)6-19(10-16)14-1-3-22-4-2-14/h8,11-12,14H,1-7,9-10H2,(H,20,21)/t12-,16-/m0/s1. The Balaban J connectivity index is 1.46. The van der Waals surface area contributed by atoms with Crippen molar-refractivity contribution >= 4 is 17.3 Å². The van der Waals surface area contributed by atoms with Gasteiger partial charge in [0, 0.05) is 63.3 Å². The van der Waals surface area contributed by atoms with Crippen molar-refractivity contribution < 1.29 is 14.6 Å². The van der Waals surface area contributed by atoms with Crippen LogP contribution in [0.2, 0.25) is 0 Å². The van der Waals surface area contributed by atoms with E-state index in [0.717, 1.165) is 51.4 Å². The zero-order chi connectivity index (χ0) is 15.9. The van der Waals surface area contributed by atoms with Crippen LogP contribution >= 0.6 is 11.3 Å². The maximum Gasteiger partial charge on any atom is 0.312 e. The van der Waals surface area contributed by atoms with E-state index in [0.29, 0.717) is 19.1 Å². The fraction of sp³-hybridized carbons (Fsp3) is 0.750. The summed E-state index contributed by atoms with van der Waals surface area (Å²) in [5.74, 6) is -0.403. The van der Waals surface area contributed by atoms with Crippen LogP contribution in [0.15, 0.2) is 10.9 Å². The van der Waals surface area contributed by atoms with Gasteiger partial charge in [0.25, 0.3) is 0 Å². The van der Waals surface area contributed by atoms with Crippen LogP contribution < -0.4 is 0 Å². The van der Waals surface area contributed by atoms with Gasteiger partial charge in [-0.15, -0.1) is 11.3 Å². The molecule has 3 aliphatic rings. The van der Waals surface area contributed by atoms with Gasteiger partial charge in [-0.25, -0.2) is 4.98 Å². The summed E-state index contributed by atoms with van der Waals surface area (Å²) in [7, 11) is 0. The molecule has 7 heteroatoms. The molecule has 0 bridgehead atoms. The number of aromatic nitrogens is 1. The van der Waals surface area contributed by atoms with Gasteiger partial charge < -0.3 is 9.84 Å². The van der Waals surface area contributed by atoms with E-state index in [1.165, 1.54) is 0 Å². The van der Waals surface area contributed by atoms with Gasteiger partial charge in [0.1, 0.15) is 0 Å². The van der Waals surface area contributed by atoms with E-state index in [1.807, 2.05) is 5.51 Å². The number of carbonyl (C=O) groups is 1. The van der Waals surface area contributed by atoms with Crippen LogP contribution in [0.1, 0.15) is 18.5 Å². The van der Waals surface area contributed by atoms with Gasteiger partial charge in [-0.2, -0.15) is 0 Å². The summed E-state index contributed by atoms with van der Waals surface area (Å²) >= 11 is 1.59. The molecule has 1 aromatic heterocycles. The number of fused-ring (bicyclic) bond motifs is 1. The number of hydrogen-bond acceptors (Lipinski definition) is 6. The Hall–Kier alpha value is -1.02. The molecule has 0 spiro atoms. The van der Waals surface area contributed by atoms with Gasteiger partial charge in [-0.05, 0) is 12.8 Å². The molecular weight excluding hydrogens is 314 g/mol. The van der Waals surface area contributed by atoms with E-state index in [2.05, 4.69) is 20.2 Å². The second-order valence-electron chi connectivity index (χ2n) is 7.08. The average Bonchev–Trinajstić information content (AvgIpc) is 3.23. The topological polar surface area (TPSA) is 65.9 Å². The predicted octanol–water partition coefficient (Wildman–Crippen LogP) is 1.14. The first kappa shape index (κ1) is 15.5. The Kier molecular flexibility index (Phi) is 4.13. The lowest BCUT2D eigenvalue weighted by Crippen LogP contribution is -2.44. The summed E-state index contributed by atoms with van der Waals surface area (Å²) in [6.07, 6.45) is 2.07. The molecular formula is C16H23N3O3S. The van der Waals surface area contributed by atoms with Crippen molar-refractivity contribution in [2.75, 3.05) is 39.4 Å². The fourth-order valence-corrected chi connectivity index (χ4v) is 5.05. The number of aliphatic carboxylic acids is 1. The highest BCUT2D eigenvalue weighted by Gasteiger charge is 2.58. The second-order valence-corrected chi connectivity index (χ2v) is 7.80. The van der Waals surface area contributed by atoms with E-state index < -0.39 is 11.4 Å². The van der Waals surface area contributed by atoms with E-state index in [9.17, 15) is 9.90 Å². The maximum atomic E-state index is 12.1. The van der Waals surface area contributed by atoms with Crippen molar-refractivity contribution in [3.63, 3.8) is 0 Å². The third-order valence-corrected chi connectivity index (χ3v) is 6.34. The minimum Gasteiger partial charge on any atom is -0.481 e. The highest BCUT2D eigenvalue weighted by Crippen LogP contribution is 2.44. The van der Waals surface area contributed by atoms with Crippen molar-refractivity contribution in [1.29, 1.82) is 0 Å². The van der Waals surface area contributed by atoms with Crippen LogP contribution in [0, 0.1) is 11.3 Å². The molecule has 0 amide bonds. The quantitative estimate of drug-likeness (QED) is 0.889. The van der Waals surface area contributed by atoms with Crippen LogP contribution in [0.5, 0.6) is 0 Å². The molecule has 0 aliphatic carbocycles. The lowest BCUT2D eigenvalue weighted by molar-refractivity contribution is -0.149. The molecule has 0 aromatic carbocycles. The van der Waals surface area contributed by atoms with E-state index in [4.69, 9.17) is 4.74 Å². The number of nitrogens with zero attached hydrogens (tertiary/aromatic N) is 3. The number of carboxylic acid groups (broad SMARTS) is 1. The molecule has 3 fully saturated rings. The second kappa shape index (κ2) is 6.12. The third-order valence-electron chi connectivity index (χ3n) is 5.71. The predicted molar refractivity (Wildman–Crippen MR) is 86.4 cm³/mol. The molecule has 1 aromatic rings. The number of carboxylic acids is 1. The lowest BCUT2D eigenvalue weighted by atomic mass is 9.81. The smallest absolute Gasteiger partial charge is 0.312 e. The molecule has 3 aliphatic heterocycles. The zero-order valence-corrected chi connectivity index (χ0v) is 14.0. The maximum absolute atomic E-state index is 12.1. The molecule has 0 radical (unpaired) electrons. The summed E-state index contributed by atoms with van der Waals surface area (Å²) in [6, 6.07) is 0.498. The summed E-state index contributed by atoms with van der Waals surface area (Å²) in [4.78, 5) is 21.1. The van der Waals surface area contributed by atoms with Gasteiger partial charge in [0.15, 0.2) is 0 Å². The van der Waals surface area contributed by atoms with E-state index >= 15 is 0 Å². The van der Waals surface area contributed by atoms with E-state index in [-0.39, 0.29) is 5.92 Å². The molecule has 1 N–H and O–H groups in total. The van der Waals surface area contributed by atoms with Crippen LogP contribution in [0.4, 0.5) is 0 Å². The number of hydrogen-bond donors (Lipinski definition) is 1. The molecule has 4 rings (SSSR count). The minimum atomic E-state index is -0.627. The normalized spacial score (nSPS) is 33.1. The van der Waals surface area contributed by atoms with Crippen LogP contribution in [-0.4, -0.2) is 71.3 Å². The molecule has 23 heavy (non-hydrogen) atoms. The van der Waals surface area contributed by atoms with Crippen molar-refractivity contribution in [2.45, 2.75) is 25.4 Å². The molecule has 2 atom stereocenters. The largest absolute Gasteiger partial charge is 0.481 e. The Bertz CT molecular complexity index is 561. The molecule has 3 saturated heterocycles. The van der Waals surface area contributed by atoms with Crippen molar-refractivity contribution in [3.05, 3.63) is 16.6 Å². The van der Waals surface area contributed by atoms with Gasteiger partial charge >= 0.3 is 5.97 Å². The van der Waals surface area contributed by atoms with Crippen LogP contribution in [-0.2, 0) is 16.1 Å². The number of likely N-dealkylation sites (tertiary alicyclic amines) is 2. The number of thiazole rings is 1. The summed E-state index contributed by atoms with van der Waals surface area (Å²) < 4.78 is 5.44. The zero-order valence-electron chi connectivity index (χ0n) is 13.2. The van der Waals surface area contributed by atoms with Crippen LogP contribution in [0.3, 0.4) is 0 Å². The molecule has 0 saturated carbocycles. The third kappa shape index (κ3) is 2.80. The first-order chi connectivity index (χ1) is 11.2. The minimum absolute atomic E-state index is 0.224. The fourth-order valence-electron chi connectivity index (χ4n) is 4.50. The summed E-state index contributed by atoms with van der Waals surface area (Å²) in [5, 5.41) is 12.0. The number of rotatable bonds is 4. The van der Waals surface area contributed by atoms with E-state index in [1.54, 1.807) is 11.3 Å². The Morgan fingerprint density at radius 1 is 1.39 bits per heavy atom. The van der Waals surface area contributed by atoms with Gasteiger partial charge in [-0.3, -0.25) is 14.6 Å². The number of ether oxygens (including phenoxy) is 1. The summed E-state index contributed by atoms with van der Waals surface area (Å²) in [6.45, 7) is 5.49. The van der Waals surface area contributed by atoms with Crippen molar-refractivity contribution in [2.24, 2.45) is 11.3 Å². The van der Waals surface area contributed by atoms with Gasteiger partial charge in [0.2, 0.25) is 0 Å². The summed E-state index contributed by atoms with van der Waals surface area (Å²) in [5.41, 5.74) is 2.29. The van der Waals surface area contributed by atoms with Gasteiger partial charge in [-0.1, -0.05) is 0 Å². The molecule has 126 valence electrons. The average molecular weight is 337 g/mol. The van der Waals surface area contributed by atoms with Crippen molar-refractivity contribution in [1.82, 2.24) is 14.8 Å². The monoisotopic (exact) mass is 337 g/mol. The highest BCUT2D eigenvalue weighted by molar-refractivity contribution is 7.07. The molecule has 4 heterocycles. The Morgan fingerprint density at radius 3 is 2.87 bits per heavy atom. The van der Waals surface area contributed by atoms with Gasteiger partial charge in [0.05, 0.1) is 16.6 Å². The van der Waals surface area contributed by atoms with Crippen LogP contribution in [0.25, 0.3) is 0 Å². The Morgan fingerprint density at radius 2 is 2.22 bits per heavy atom. The lowest BCUT2D eigenvalue weighted by Gasteiger charge is -2.33. The molecule has 6 nitrogen and oxygen atoms in total. The SMILES string of the molecule is O=C(O)[C@]12CN(Cc3cscn3)C[C@H]1CN(C1CCOCC1)C2.